The summed E-state index contributed by atoms with van der Waals surface area (Å²) in [5.74, 6) is -1.43. The number of amides is 1. The highest BCUT2D eigenvalue weighted by molar-refractivity contribution is 5.95. The smallest absolute Gasteiger partial charge is 0.341 e. The maximum atomic E-state index is 14.3. The van der Waals surface area contributed by atoms with E-state index in [1.165, 1.54) is 25.2 Å². The summed E-state index contributed by atoms with van der Waals surface area (Å²) in [5.41, 5.74) is 0.644. The Morgan fingerprint density at radius 1 is 1.07 bits per heavy atom. The molecule has 0 heterocycles. The number of methoxy groups -OCH3 is 2. The van der Waals surface area contributed by atoms with Crippen LogP contribution >= 0.6 is 0 Å². The second-order valence-electron chi connectivity index (χ2n) is 5.67. The normalized spacial score (nSPS) is 10.2. The van der Waals surface area contributed by atoms with Crippen LogP contribution in [0.5, 0.6) is 17.2 Å². The molecule has 8 heteroatoms. The number of carboxylic acid groups (broad SMARTS) is 1. The zero-order valence-electron chi connectivity index (χ0n) is 15.2. The van der Waals surface area contributed by atoms with Crippen molar-refractivity contribution in [1.29, 1.82) is 0 Å². The number of rotatable bonds is 8. The molecule has 2 aromatic rings. The van der Waals surface area contributed by atoms with Crippen molar-refractivity contribution in [3.8, 4) is 17.2 Å². The Bertz CT molecular complexity index is 822. The van der Waals surface area contributed by atoms with Crippen molar-refractivity contribution in [3.05, 3.63) is 53.3 Å². The number of carboxylic acids is 1. The van der Waals surface area contributed by atoms with Gasteiger partial charge in [-0.2, -0.15) is 0 Å². The van der Waals surface area contributed by atoms with E-state index < -0.39 is 24.3 Å². The van der Waals surface area contributed by atoms with Gasteiger partial charge in [0.15, 0.2) is 18.1 Å². The van der Waals surface area contributed by atoms with Crippen molar-refractivity contribution in [2.75, 3.05) is 27.9 Å². The number of benzene rings is 2. The van der Waals surface area contributed by atoms with Crippen LogP contribution in [-0.2, 0) is 11.3 Å². The second kappa shape index (κ2) is 8.88. The second-order valence-corrected chi connectivity index (χ2v) is 5.67. The summed E-state index contributed by atoms with van der Waals surface area (Å²) >= 11 is 0. The Balaban J connectivity index is 2.10. The molecule has 1 amide bonds. The third-order valence-electron chi connectivity index (χ3n) is 3.76. The molecule has 0 saturated heterocycles. The lowest BCUT2D eigenvalue weighted by molar-refractivity contribution is -0.139. The van der Waals surface area contributed by atoms with Crippen molar-refractivity contribution in [3.63, 3.8) is 0 Å². The van der Waals surface area contributed by atoms with Gasteiger partial charge >= 0.3 is 5.97 Å². The number of carbonyl (C=O) groups excluding carboxylic acids is 1. The molecular weight excluding hydrogens is 357 g/mol. The van der Waals surface area contributed by atoms with E-state index in [1.807, 2.05) is 0 Å². The molecule has 0 saturated carbocycles. The number of hydrogen-bond acceptors (Lipinski definition) is 5. The van der Waals surface area contributed by atoms with Gasteiger partial charge in [-0.3, -0.25) is 4.79 Å². The molecule has 0 aliphatic rings. The Morgan fingerprint density at radius 3 is 2.22 bits per heavy atom. The first-order valence-corrected chi connectivity index (χ1v) is 7.96. The van der Waals surface area contributed by atoms with Gasteiger partial charge in [0.1, 0.15) is 11.6 Å². The molecular formula is C19H20FNO6. The molecule has 0 atom stereocenters. The number of halogens is 1. The van der Waals surface area contributed by atoms with Gasteiger partial charge in [-0.05, 0) is 23.8 Å². The van der Waals surface area contributed by atoms with Gasteiger partial charge < -0.3 is 24.2 Å². The summed E-state index contributed by atoms with van der Waals surface area (Å²) < 4.78 is 29.4. The molecule has 0 aliphatic heterocycles. The Labute approximate surface area is 155 Å². The van der Waals surface area contributed by atoms with Gasteiger partial charge in [0, 0.05) is 19.7 Å². The Hall–Kier alpha value is -3.29. The number of aliphatic carboxylic acids is 1. The van der Waals surface area contributed by atoms with E-state index in [2.05, 4.69) is 0 Å². The van der Waals surface area contributed by atoms with Crippen LogP contribution in [0.15, 0.2) is 36.4 Å². The van der Waals surface area contributed by atoms with Crippen LogP contribution in [-0.4, -0.2) is 49.8 Å². The molecule has 0 spiro atoms. The quantitative estimate of drug-likeness (QED) is 0.761. The minimum Gasteiger partial charge on any atom is -0.493 e. The fourth-order valence-corrected chi connectivity index (χ4v) is 2.41. The molecule has 1 N–H and O–H groups in total. The van der Waals surface area contributed by atoms with Crippen LogP contribution in [0.1, 0.15) is 15.9 Å². The van der Waals surface area contributed by atoms with Crippen molar-refractivity contribution in [2.45, 2.75) is 6.54 Å². The molecule has 0 unspecified atom stereocenters. The maximum Gasteiger partial charge on any atom is 0.341 e. The molecule has 0 aliphatic carbocycles. The highest BCUT2D eigenvalue weighted by atomic mass is 19.1. The molecule has 2 rings (SSSR count). The molecule has 0 radical (unpaired) electrons. The van der Waals surface area contributed by atoms with Crippen LogP contribution < -0.4 is 14.2 Å². The van der Waals surface area contributed by atoms with Crippen LogP contribution in [0.25, 0.3) is 0 Å². The lowest BCUT2D eigenvalue weighted by Gasteiger charge is -2.19. The van der Waals surface area contributed by atoms with Gasteiger partial charge in [0.2, 0.25) is 0 Å². The van der Waals surface area contributed by atoms with Crippen LogP contribution in [0.4, 0.5) is 4.39 Å². The topological polar surface area (TPSA) is 85.3 Å². The Morgan fingerprint density at radius 2 is 1.67 bits per heavy atom. The lowest BCUT2D eigenvalue weighted by Crippen LogP contribution is -2.27. The molecule has 144 valence electrons. The summed E-state index contributed by atoms with van der Waals surface area (Å²) in [6.07, 6.45) is 0. The summed E-state index contributed by atoms with van der Waals surface area (Å²) in [7, 11) is 4.34. The highest BCUT2D eigenvalue weighted by Gasteiger charge is 2.20. The van der Waals surface area contributed by atoms with E-state index in [4.69, 9.17) is 19.3 Å². The molecule has 0 bridgehead atoms. The van der Waals surface area contributed by atoms with E-state index in [1.54, 1.807) is 31.3 Å². The fraction of sp³-hybridized carbons (Fsp3) is 0.263. The first-order chi connectivity index (χ1) is 12.8. The predicted octanol–water partition coefficient (Wildman–Crippen LogP) is 2.58. The van der Waals surface area contributed by atoms with Crippen molar-refractivity contribution in [2.24, 2.45) is 0 Å². The maximum absolute atomic E-state index is 14.3. The molecule has 0 fully saturated rings. The summed E-state index contributed by atoms with van der Waals surface area (Å²) in [6.45, 7) is -0.206. The summed E-state index contributed by atoms with van der Waals surface area (Å²) in [5, 5.41) is 8.59. The third kappa shape index (κ3) is 5.10. The summed E-state index contributed by atoms with van der Waals surface area (Å²) in [6, 6.07) is 9.02. The lowest BCUT2D eigenvalue weighted by atomic mass is 10.1. The first kappa shape index (κ1) is 20.0. The largest absolute Gasteiger partial charge is 0.493 e. The average molecular weight is 377 g/mol. The fourth-order valence-electron chi connectivity index (χ4n) is 2.41. The van der Waals surface area contributed by atoms with Gasteiger partial charge in [-0.1, -0.05) is 12.1 Å². The molecule has 0 aromatic heterocycles. The van der Waals surface area contributed by atoms with E-state index in [0.29, 0.717) is 5.75 Å². The number of ether oxygens (including phenoxy) is 3. The number of carbonyl (C=O) groups is 2. The molecule has 7 nitrogen and oxygen atoms in total. The van der Waals surface area contributed by atoms with Gasteiger partial charge in [-0.15, -0.1) is 0 Å². The van der Waals surface area contributed by atoms with Crippen LogP contribution in [0, 0.1) is 5.82 Å². The van der Waals surface area contributed by atoms with Crippen LogP contribution in [0.2, 0.25) is 0 Å². The Kier molecular flexibility index (Phi) is 6.59. The average Bonchev–Trinajstić information content (AvgIpc) is 2.66. The van der Waals surface area contributed by atoms with Gasteiger partial charge in [-0.25, -0.2) is 9.18 Å². The van der Waals surface area contributed by atoms with E-state index >= 15 is 0 Å². The predicted molar refractivity (Wildman–Crippen MR) is 94.9 cm³/mol. The monoisotopic (exact) mass is 377 g/mol. The van der Waals surface area contributed by atoms with Crippen molar-refractivity contribution < 1.29 is 33.3 Å². The van der Waals surface area contributed by atoms with E-state index in [0.717, 1.165) is 11.6 Å². The minimum atomic E-state index is -1.07. The van der Waals surface area contributed by atoms with Crippen molar-refractivity contribution >= 4 is 11.9 Å². The molecule has 2 aromatic carbocycles. The van der Waals surface area contributed by atoms with E-state index in [-0.39, 0.29) is 23.6 Å². The van der Waals surface area contributed by atoms with Crippen molar-refractivity contribution in [1.82, 2.24) is 4.90 Å². The first-order valence-electron chi connectivity index (χ1n) is 7.96. The summed E-state index contributed by atoms with van der Waals surface area (Å²) in [4.78, 5) is 24.4. The third-order valence-corrected chi connectivity index (χ3v) is 3.76. The zero-order valence-corrected chi connectivity index (χ0v) is 15.2. The SMILES string of the molecule is COc1cc(F)c(C(=O)N(C)Cc2ccc(OCC(=O)O)cc2)cc1OC. The highest BCUT2D eigenvalue weighted by Crippen LogP contribution is 2.30. The number of nitrogens with zero attached hydrogens (tertiary/aromatic N) is 1. The van der Waals surface area contributed by atoms with Gasteiger partial charge in [0.25, 0.3) is 5.91 Å². The zero-order chi connectivity index (χ0) is 20.0. The molecule has 27 heavy (non-hydrogen) atoms. The van der Waals surface area contributed by atoms with Crippen LogP contribution in [0.3, 0.4) is 0 Å². The number of hydrogen-bond donors (Lipinski definition) is 1. The standard InChI is InChI=1S/C19H20FNO6/c1-21(10-12-4-6-13(7-5-12)27-11-18(22)23)19(24)14-8-16(25-2)17(26-3)9-15(14)20/h4-9H,10-11H2,1-3H3,(H,22,23). The minimum absolute atomic E-state index is 0.128. The van der Waals surface area contributed by atoms with E-state index in [9.17, 15) is 14.0 Å². The van der Waals surface area contributed by atoms with Gasteiger partial charge in [0.05, 0.1) is 19.8 Å².